The molecule has 0 N–H and O–H groups in total. The fraction of sp³-hybridized carbons (Fsp3) is 0.222. The molecule has 2 aromatic heterocycles. The zero-order valence-electron chi connectivity index (χ0n) is 6.79. The third-order valence-electron chi connectivity index (χ3n) is 1.80. The molecule has 2 aromatic rings. The van der Waals surface area contributed by atoms with Crippen LogP contribution in [0.2, 0.25) is 0 Å². The van der Waals surface area contributed by atoms with E-state index < -0.39 is 0 Å². The van der Waals surface area contributed by atoms with Crippen LogP contribution in [0.15, 0.2) is 24.4 Å². The van der Waals surface area contributed by atoms with Gasteiger partial charge in [0.1, 0.15) is 0 Å². The number of alkyl halides is 1. The van der Waals surface area contributed by atoms with Crippen molar-refractivity contribution in [3.05, 3.63) is 35.7 Å². The zero-order chi connectivity index (χ0) is 8.55. The van der Waals surface area contributed by atoms with Crippen molar-refractivity contribution in [1.29, 1.82) is 0 Å². The molecular formula is C9H9ClN2. The summed E-state index contributed by atoms with van der Waals surface area (Å²) < 4.78 is 1.85. The van der Waals surface area contributed by atoms with Crippen molar-refractivity contribution < 1.29 is 0 Å². The van der Waals surface area contributed by atoms with Crippen molar-refractivity contribution in [2.75, 3.05) is 0 Å². The van der Waals surface area contributed by atoms with Gasteiger partial charge >= 0.3 is 0 Å². The molecule has 0 saturated heterocycles. The van der Waals surface area contributed by atoms with Crippen LogP contribution in [0.3, 0.4) is 0 Å². The van der Waals surface area contributed by atoms with Gasteiger partial charge in [0.05, 0.1) is 11.2 Å². The van der Waals surface area contributed by atoms with Gasteiger partial charge in [-0.2, -0.15) is 5.10 Å². The lowest BCUT2D eigenvalue weighted by atomic mass is 10.3. The molecule has 0 radical (unpaired) electrons. The second kappa shape index (κ2) is 2.79. The van der Waals surface area contributed by atoms with Crippen LogP contribution in [0.4, 0.5) is 0 Å². The van der Waals surface area contributed by atoms with Crippen LogP contribution < -0.4 is 0 Å². The van der Waals surface area contributed by atoms with Crippen LogP contribution in [-0.4, -0.2) is 9.61 Å². The van der Waals surface area contributed by atoms with Crippen molar-refractivity contribution in [2.45, 2.75) is 12.8 Å². The minimum absolute atomic E-state index is 0.544. The van der Waals surface area contributed by atoms with Gasteiger partial charge in [-0.25, -0.2) is 4.52 Å². The van der Waals surface area contributed by atoms with Crippen molar-refractivity contribution in [1.82, 2.24) is 9.61 Å². The van der Waals surface area contributed by atoms with Crippen molar-refractivity contribution in [2.24, 2.45) is 0 Å². The standard InChI is InChI=1S/C9H9ClN2/c1-7-2-3-9-4-8(5-10)6-12(9)11-7/h2-4,6H,5H2,1H3. The smallest absolute Gasteiger partial charge is 0.0650 e. The highest BCUT2D eigenvalue weighted by Crippen LogP contribution is 2.10. The Balaban J connectivity index is 2.67. The quantitative estimate of drug-likeness (QED) is 0.616. The van der Waals surface area contributed by atoms with Gasteiger partial charge in [-0.15, -0.1) is 11.6 Å². The molecule has 0 spiro atoms. The Labute approximate surface area is 75.8 Å². The van der Waals surface area contributed by atoms with E-state index in [9.17, 15) is 0 Å². The van der Waals surface area contributed by atoms with E-state index in [2.05, 4.69) is 5.10 Å². The van der Waals surface area contributed by atoms with Crippen LogP contribution >= 0.6 is 11.6 Å². The van der Waals surface area contributed by atoms with E-state index >= 15 is 0 Å². The van der Waals surface area contributed by atoms with Gasteiger partial charge in [-0.1, -0.05) is 0 Å². The maximum Gasteiger partial charge on any atom is 0.0650 e. The maximum atomic E-state index is 5.70. The fourth-order valence-electron chi connectivity index (χ4n) is 1.22. The first-order chi connectivity index (χ1) is 5.79. The van der Waals surface area contributed by atoms with Gasteiger partial charge in [-0.05, 0) is 30.7 Å². The van der Waals surface area contributed by atoms with E-state index in [-0.39, 0.29) is 0 Å². The van der Waals surface area contributed by atoms with Gasteiger partial charge in [-0.3, -0.25) is 0 Å². The van der Waals surface area contributed by atoms with Crippen LogP contribution in [0.25, 0.3) is 5.52 Å². The number of aromatic nitrogens is 2. The third-order valence-corrected chi connectivity index (χ3v) is 2.11. The summed E-state index contributed by atoms with van der Waals surface area (Å²) in [4.78, 5) is 0. The van der Waals surface area contributed by atoms with E-state index in [1.807, 2.05) is 35.8 Å². The summed E-state index contributed by atoms with van der Waals surface area (Å²) >= 11 is 5.70. The molecule has 2 rings (SSSR count). The molecule has 0 amide bonds. The number of nitrogens with zero attached hydrogens (tertiary/aromatic N) is 2. The molecule has 2 nitrogen and oxygen atoms in total. The van der Waals surface area contributed by atoms with Crippen LogP contribution in [0, 0.1) is 6.92 Å². The van der Waals surface area contributed by atoms with Crippen molar-refractivity contribution in [3.8, 4) is 0 Å². The Morgan fingerprint density at radius 3 is 3.08 bits per heavy atom. The number of fused-ring (bicyclic) bond motifs is 1. The topological polar surface area (TPSA) is 17.3 Å². The summed E-state index contributed by atoms with van der Waals surface area (Å²) in [5, 5.41) is 4.30. The molecule has 2 heterocycles. The molecule has 0 aromatic carbocycles. The molecule has 0 saturated carbocycles. The van der Waals surface area contributed by atoms with E-state index in [1.54, 1.807) is 0 Å². The molecule has 0 aliphatic carbocycles. The third kappa shape index (κ3) is 1.18. The molecule has 12 heavy (non-hydrogen) atoms. The minimum atomic E-state index is 0.544. The summed E-state index contributed by atoms with van der Waals surface area (Å²) in [6.45, 7) is 1.97. The summed E-state index contributed by atoms with van der Waals surface area (Å²) in [6.07, 6.45) is 1.95. The van der Waals surface area contributed by atoms with Crippen LogP contribution in [0.1, 0.15) is 11.3 Å². The van der Waals surface area contributed by atoms with Crippen LogP contribution in [0.5, 0.6) is 0 Å². The number of aryl methyl sites for hydroxylation is 1. The van der Waals surface area contributed by atoms with Gasteiger partial charge < -0.3 is 0 Å². The molecule has 3 heteroatoms. The second-order valence-electron chi connectivity index (χ2n) is 2.83. The van der Waals surface area contributed by atoms with E-state index in [0.717, 1.165) is 16.8 Å². The maximum absolute atomic E-state index is 5.70. The fourth-order valence-corrected chi connectivity index (χ4v) is 1.36. The highest BCUT2D eigenvalue weighted by molar-refractivity contribution is 6.17. The molecule has 0 unspecified atom stereocenters. The zero-order valence-corrected chi connectivity index (χ0v) is 7.54. The first-order valence-electron chi connectivity index (χ1n) is 3.80. The SMILES string of the molecule is Cc1ccc2cc(CCl)cn2n1. The monoisotopic (exact) mass is 180 g/mol. The lowest BCUT2D eigenvalue weighted by Crippen LogP contribution is -1.90. The predicted octanol–water partition coefficient (Wildman–Crippen LogP) is 2.38. The Hall–Kier alpha value is -1.02. The number of rotatable bonds is 1. The normalized spacial score (nSPS) is 10.8. The Morgan fingerprint density at radius 2 is 2.33 bits per heavy atom. The number of halogens is 1. The molecule has 62 valence electrons. The summed E-state index contributed by atoms with van der Waals surface area (Å²) in [5.41, 5.74) is 3.21. The molecule has 0 aliphatic rings. The largest absolute Gasteiger partial charge is 0.240 e. The predicted molar refractivity (Wildman–Crippen MR) is 49.5 cm³/mol. The second-order valence-corrected chi connectivity index (χ2v) is 3.09. The highest BCUT2D eigenvalue weighted by atomic mass is 35.5. The average molecular weight is 181 g/mol. The van der Waals surface area contributed by atoms with E-state index in [4.69, 9.17) is 11.6 Å². The molecule has 0 atom stereocenters. The Morgan fingerprint density at radius 1 is 1.50 bits per heavy atom. The average Bonchev–Trinajstić information content (AvgIpc) is 2.46. The summed E-state index contributed by atoms with van der Waals surface area (Å²) in [6, 6.07) is 6.07. The Kier molecular flexibility index (Phi) is 1.77. The molecular weight excluding hydrogens is 172 g/mol. The first-order valence-corrected chi connectivity index (χ1v) is 4.34. The van der Waals surface area contributed by atoms with Gasteiger partial charge in [0.15, 0.2) is 0 Å². The molecule has 0 fully saturated rings. The lowest BCUT2D eigenvalue weighted by molar-refractivity contribution is 0.902. The van der Waals surface area contributed by atoms with E-state index in [1.165, 1.54) is 0 Å². The van der Waals surface area contributed by atoms with E-state index in [0.29, 0.717) is 5.88 Å². The van der Waals surface area contributed by atoms with Gasteiger partial charge in [0, 0.05) is 12.1 Å². The lowest BCUT2D eigenvalue weighted by Gasteiger charge is -1.93. The summed E-state index contributed by atoms with van der Waals surface area (Å²) in [7, 11) is 0. The van der Waals surface area contributed by atoms with Gasteiger partial charge in [0.2, 0.25) is 0 Å². The summed E-state index contributed by atoms with van der Waals surface area (Å²) in [5.74, 6) is 0.544. The molecule has 0 bridgehead atoms. The van der Waals surface area contributed by atoms with Gasteiger partial charge in [0.25, 0.3) is 0 Å². The van der Waals surface area contributed by atoms with Crippen molar-refractivity contribution in [3.63, 3.8) is 0 Å². The number of hydrogen-bond acceptors (Lipinski definition) is 1. The van der Waals surface area contributed by atoms with Crippen LogP contribution in [-0.2, 0) is 5.88 Å². The minimum Gasteiger partial charge on any atom is -0.240 e. The Bertz CT molecular complexity index is 406. The number of hydrogen-bond donors (Lipinski definition) is 0. The molecule has 0 aliphatic heterocycles. The highest BCUT2D eigenvalue weighted by Gasteiger charge is 1.98. The van der Waals surface area contributed by atoms with Crippen molar-refractivity contribution >= 4 is 17.1 Å². The first kappa shape index (κ1) is 7.62.